The number of benzene rings is 3. The maximum Gasteiger partial charge on any atom is 0.264 e. The Hall–Kier alpha value is -3.05. The quantitative estimate of drug-likeness (QED) is 0.305. The summed E-state index contributed by atoms with van der Waals surface area (Å²) in [4.78, 5) is 14.2. The summed E-state index contributed by atoms with van der Waals surface area (Å²) in [5, 5.41) is 2.95. The van der Waals surface area contributed by atoms with Gasteiger partial charge < -0.3 is 19.5 Å². The van der Waals surface area contributed by atoms with E-state index in [2.05, 4.69) is 5.32 Å². The largest absolute Gasteiger partial charge is 0.497 e. The van der Waals surface area contributed by atoms with Crippen LogP contribution in [0.3, 0.4) is 0 Å². The van der Waals surface area contributed by atoms with Crippen LogP contribution in [0.5, 0.6) is 5.75 Å². The number of nitrogens with one attached hydrogen (secondary N) is 1. The lowest BCUT2D eigenvalue weighted by Crippen LogP contribution is -2.34. The van der Waals surface area contributed by atoms with Gasteiger partial charge in [-0.2, -0.15) is 0 Å². The van der Waals surface area contributed by atoms with Crippen LogP contribution in [0.15, 0.2) is 76.5 Å². The second-order valence-corrected chi connectivity index (χ2v) is 12.1. The Balaban J connectivity index is 1.62. The lowest BCUT2D eigenvalue weighted by atomic mass is 10.1. The third kappa shape index (κ3) is 6.94. The molecule has 1 N–H and O–H groups in total. The summed E-state index contributed by atoms with van der Waals surface area (Å²) in [6, 6.07) is 20.0. The van der Waals surface area contributed by atoms with Crippen LogP contribution in [0.1, 0.15) is 21.5 Å². The summed E-state index contributed by atoms with van der Waals surface area (Å²) in [7, 11) is 0.963. The van der Waals surface area contributed by atoms with Crippen molar-refractivity contribution in [1.29, 1.82) is 0 Å². The molecule has 0 spiro atoms. The first kappa shape index (κ1) is 28.9. The van der Waals surface area contributed by atoms with E-state index in [0.717, 1.165) is 16.9 Å². The number of methoxy groups -OCH3 is 3. The zero-order valence-corrected chi connectivity index (χ0v) is 24.0. The number of thioether (sulfide) groups is 1. The molecule has 4 rings (SSSR count). The molecular formula is C29H34N2O6S2. The molecule has 1 amide bonds. The molecule has 3 aromatic rings. The van der Waals surface area contributed by atoms with Crippen molar-refractivity contribution >= 4 is 33.4 Å². The number of carbonyl (C=O) groups is 1. The van der Waals surface area contributed by atoms with E-state index in [1.165, 1.54) is 22.1 Å². The molecule has 1 heterocycles. The first-order valence-corrected chi connectivity index (χ1v) is 15.1. The highest BCUT2D eigenvalue weighted by atomic mass is 32.2. The van der Waals surface area contributed by atoms with E-state index in [1.807, 2.05) is 48.5 Å². The molecule has 39 heavy (non-hydrogen) atoms. The molecule has 0 aliphatic carbocycles. The summed E-state index contributed by atoms with van der Waals surface area (Å²) in [5.74, 6) is 0.991. The first-order chi connectivity index (χ1) is 18.9. The fourth-order valence-corrected chi connectivity index (χ4v) is 7.03. The molecular weight excluding hydrogens is 536 g/mol. The lowest BCUT2D eigenvalue weighted by Gasteiger charge is -2.21. The number of amides is 1. The Bertz CT molecular complexity index is 1370. The molecule has 0 saturated heterocycles. The second kappa shape index (κ2) is 13.3. The van der Waals surface area contributed by atoms with Gasteiger partial charge in [0.25, 0.3) is 15.9 Å². The number of nitrogens with zero attached hydrogens (tertiary/aromatic N) is 1. The molecule has 0 saturated carbocycles. The lowest BCUT2D eigenvalue weighted by molar-refractivity contribution is 0.0775. The third-order valence-corrected chi connectivity index (χ3v) is 9.49. The van der Waals surface area contributed by atoms with Gasteiger partial charge in [-0.3, -0.25) is 9.10 Å². The maximum atomic E-state index is 13.7. The van der Waals surface area contributed by atoms with E-state index in [4.69, 9.17) is 14.2 Å². The summed E-state index contributed by atoms with van der Waals surface area (Å²) in [6.07, 6.45) is 0.652. The predicted molar refractivity (Wildman–Crippen MR) is 153 cm³/mol. The van der Waals surface area contributed by atoms with Crippen molar-refractivity contribution in [3.8, 4) is 5.75 Å². The van der Waals surface area contributed by atoms with Gasteiger partial charge in [-0.15, -0.1) is 11.8 Å². The zero-order valence-electron chi connectivity index (χ0n) is 22.4. The number of hydrogen-bond acceptors (Lipinski definition) is 7. The topological polar surface area (TPSA) is 94.2 Å². The van der Waals surface area contributed by atoms with Crippen LogP contribution < -0.4 is 14.4 Å². The number of rotatable bonds is 13. The Morgan fingerprint density at radius 1 is 1.00 bits per heavy atom. The second-order valence-electron chi connectivity index (χ2n) is 9.24. The molecule has 0 atom stereocenters. The minimum absolute atomic E-state index is 0.0348. The summed E-state index contributed by atoms with van der Waals surface area (Å²) < 4.78 is 44.6. The van der Waals surface area contributed by atoms with Crippen LogP contribution in [-0.4, -0.2) is 62.0 Å². The summed E-state index contributed by atoms with van der Waals surface area (Å²) >= 11 is 1.48. The Morgan fingerprint density at radius 3 is 2.41 bits per heavy atom. The Kier molecular flexibility index (Phi) is 9.90. The molecule has 0 unspecified atom stereocenters. The zero-order chi connectivity index (χ0) is 27.8. The van der Waals surface area contributed by atoms with Crippen molar-refractivity contribution in [2.24, 2.45) is 5.92 Å². The van der Waals surface area contributed by atoms with E-state index in [9.17, 15) is 13.2 Å². The average Bonchev–Trinajstić information content (AvgIpc) is 3.40. The number of sulfonamides is 1. The van der Waals surface area contributed by atoms with Gasteiger partial charge in [0, 0.05) is 43.9 Å². The average molecular weight is 571 g/mol. The van der Waals surface area contributed by atoms with Gasteiger partial charge in [-0.05, 0) is 53.9 Å². The van der Waals surface area contributed by atoms with Gasteiger partial charge in [0.2, 0.25) is 0 Å². The van der Waals surface area contributed by atoms with Crippen LogP contribution in [0.4, 0.5) is 5.69 Å². The number of carbonyl (C=O) groups excluding carboxylic acids is 1. The van der Waals surface area contributed by atoms with Crippen LogP contribution in [0.2, 0.25) is 0 Å². The van der Waals surface area contributed by atoms with Crippen LogP contribution >= 0.6 is 11.8 Å². The predicted octanol–water partition coefficient (Wildman–Crippen LogP) is 4.38. The van der Waals surface area contributed by atoms with Gasteiger partial charge in [0.15, 0.2) is 0 Å². The van der Waals surface area contributed by atoms with Crippen molar-refractivity contribution in [2.75, 3.05) is 51.9 Å². The van der Waals surface area contributed by atoms with E-state index >= 15 is 0 Å². The van der Waals surface area contributed by atoms with Gasteiger partial charge in [-0.25, -0.2) is 8.42 Å². The molecule has 1 aliphatic heterocycles. The van der Waals surface area contributed by atoms with Crippen molar-refractivity contribution < 1.29 is 27.4 Å². The molecule has 0 bridgehead atoms. The first-order valence-electron chi connectivity index (χ1n) is 12.6. The third-order valence-electron chi connectivity index (χ3n) is 6.54. The summed E-state index contributed by atoms with van der Waals surface area (Å²) in [5.41, 5.74) is 3.05. The monoisotopic (exact) mass is 570 g/mol. The number of fused-ring (bicyclic) bond motifs is 1. The van der Waals surface area contributed by atoms with Crippen molar-refractivity contribution in [1.82, 2.24) is 5.32 Å². The Labute approximate surface area is 234 Å². The highest BCUT2D eigenvalue weighted by Gasteiger charge is 2.31. The smallest absolute Gasteiger partial charge is 0.264 e. The molecule has 208 valence electrons. The van der Waals surface area contributed by atoms with Crippen LogP contribution in [0, 0.1) is 5.92 Å². The molecule has 0 aromatic heterocycles. The minimum atomic E-state index is -3.86. The normalized spacial score (nSPS) is 13.0. The van der Waals surface area contributed by atoms with E-state index in [1.54, 1.807) is 33.5 Å². The van der Waals surface area contributed by atoms with Gasteiger partial charge in [0.05, 0.1) is 36.5 Å². The van der Waals surface area contributed by atoms with Crippen LogP contribution in [-0.2, 0) is 31.7 Å². The minimum Gasteiger partial charge on any atom is -0.497 e. The van der Waals surface area contributed by atoms with Crippen molar-refractivity contribution in [3.63, 3.8) is 0 Å². The SMILES string of the molecule is COCC(CNC(=O)c1cc(S(=O)(=O)N2CCc3ccccc32)ccc1SCc1ccc(OC)cc1)COC. The maximum absolute atomic E-state index is 13.7. The van der Waals surface area contributed by atoms with E-state index in [-0.39, 0.29) is 16.7 Å². The van der Waals surface area contributed by atoms with Crippen molar-refractivity contribution in [2.45, 2.75) is 22.0 Å². The standard InChI is InChI=1S/C29H34N2O6S2/c1-35-18-22(19-36-2)17-30-29(32)26-16-25(39(33,34)31-15-14-23-6-4-5-7-27(23)31)12-13-28(26)38-20-21-8-10-24(37-3)11-9-21/h4-13,16,22H,14-15,17-20H2,1-3H3,(H,30,32). The molecule has 0 fully saturated rings. The van der Waals surface area contributed by atoms with E-state index in [0.29, 0.717) is 54.6 Å². The molecule has 1 aliphatic rings. The fourth-order valence-electron chi connectivity index (χ4n) is 4.51. The van der Waals surface area contributed by atoms with Crippen molar-refractivity contribution in [3.05, 3.63) is 83.4 Å². The molecule has 10 heteroatoms. The van der Waals surface area contributed by atoms with Crippen LogP contribution in [0.25, 0.3) is 0 Å². The number of ether oxygens (including phenoxy) is 3. The number of anilines is 1. The molecule has 3 aromatic carbocycles. The number of hydrogen-bond donors (Lipinski definition) is 1. The Morgan fingerprint density at radius 2 is 1.72 bits per heavy atom. The molecule has 0 radical (unpaired) electrons. The summed E-state index contributed by atoms with van der Waals surface area (Å²) in [6.45, 7) is 1.55. The van der Waals surface area contributed by atoms with E-state index < -0.39 is 10.0 Å². The van der Waals surface area contributed by atoms with Gasteiger partial charge >= 0.3 is 0 Å². The number of para-hydroxylation sites is 1. The highest BCUT2D eigenvalue weighted by Crippen LogP contribution is 2.35. The van der Waals surface area contributed by atoms with Gasteiger partial charge in [-0.1, -0.05) is 30.3 Å². The highest BCUT2D eigenvalue weighted by molar-refractivity contribution is 7.98. The molecule has 8 nitrogen and oxygen atoms in total. The fraction of sp³-hybridized carbons (Fsp3) is 0.345. The van der Waals surface area contributed by atoms with Gasteiger partial charge in [0.1, 0.15) is 5.75 Å².